The van der Waals surface area contributed by atoms with Gasteiger partial charge in [-0.25, -0.2) is 0 Å². The number of hydrogen-bond acceptors (Lipinski definition) is 3. The minimum atomic E-state index is -0.479. The molecule has 1 aromatic heterocycles. The van der Waals surface area contributed by atoms with E-state index in [0.29, 0.717) is 24.3 Å². The zero-order valence-electron chi connectivity index (χ0n) is 13.3. The third-order valence-electron chi connectivity index (χ3n) is 5.69. The molecule has 1 unspecified atom stereocenters. The molecule has 1 aliphatic carbocycles. The van der Waals surface area contributed by atoms with Crippen LogP contribution in [-0.4, -0.2) is 29.5 Å². The van der Waals surface area contributed by atoms with Gasteiger partial charge in [0, 0.05) is 35.6 Å². The minimum Gasteiger partial charge on any atom is -0.361 e. The number of likely N-dealkylation sites (N-methyl/N-ethyl adjacent to an activating group) is 1. The van der Waals surface area contributed by atoms with E-state index in [1.54, 1.807) is 0 Å². The van der Waals surface area contributed by atoms with Crippen LogP contribution < -0.4 is 0 Å². The standard InChI is InChI=1S/C19H20N4/c1-23-11-12(5-13(8-20)9-21)6-16-15-3-2-4-17-19(15)14(10-22-17)7-18(16)23/h2-4,10,12-13,16,18,22H,5-7,11H2,1H3/t12-,16?,18-/m1/s1. The Morgan fingerprint density at radius 2 is 2.17 bits per heavy atom. The monoisotopic (exact) mass is 304 g/mol. The number of nitrogens with zero attached hydrogens (tertiary/aromatic N) is 3. The van der Waals surface area contributed by atoms with Gasteiger partial charge in [0.1, 0.15) is 5.92 Å². The molecule has 2 heterocycles. The van der Waals surface area contributed by atoms with Crippen LogP contribution in [0.5, 0.6) is 0 Å². The number of rotatable bonds is 2. The molecule has 2 aromatic rings. The van der Waals surface area contributed by atoms with E-state index >= 15 is 0 Å². The summed E-state index contributed by atoms with van der Waals surface area (Å²) in [5, 5.41) is 19.6. The molecule has 1 aliphatic heterocycles. The third-order valence-corrected chi connectivity index (χ3v) is 5.69. The Morgan fingerprint density at radius 3 is 2.96 bits per heavy atom. The molecule has 1 saturated heterocycles. The van der Waals surface area contributed by atoms with Gasteiger partial charge >= 0.3 is 0 Å². The Hall–Kier alpha value is -2.30. The van der Waals surface area contributed by atoms with Crippen molar-refractivity contribution in [1.82, 2.24) is 9.88 Å². The normalized spacial score (nSPS) is 26.7. The maximum atomic E-state index is 9.09. The minimum absolute atomic E-state index is 0.418. The van der Waals surface area contributed by atoms with Crippen molar-refractivity contribution in [2.24, 2.45) is 11.8 Å². The zero-order valence-corrected chi connectivity index (χ0v) is 13.3. The number of H-pyrrole nitrogens is 1. The largest absolute Gasteiger partial charge is 0.361 e. The number of piperidine rings is 1. The van der Waals surface area contributed by atoms with Gasteiger partial charge in [-0.1, -0.05) is 12.1 Å². The number of nitrogens with one attached hydrogen (secondary N) is 1. The molecule has 0 radical (unpaired) electrons. The Morgan fingerprint density at radius 1 is 1.35 bits per heavy atom. The molecule has 23 heavy (non-hydrogen) atoms. The van der Waals surface area contributed by atoms with Crippen LogP contribution in [0.15, 0.2) is 24.4 Å². The van der Waals surface area contributed by atoms with E-state index in [4.69, 9.17) is 10.5 Å². The molecule has 116 valence electrons. The van der Waals surface area contributed by atoms with E-state index in [0.717, 1.165) is 19.4 Å². The molecule has 4 nitrogen and oxygen atoms in total. The molecular formula is C19H20N4. The lowest BCUT2D eigenvalue weighted by Gasteiger charge is -2.45. The van der Waals surface area contributed by atoms with Gasteiger partial charge < -0.3 is 9.88 Å². The lowest BCUT2D eigenvalue weighted by molar-refractivity contribution is 0.105. The second-order valence-electron chi connectivity index (χ2n) is 7.05. The number of hydrogen-bond donors (Lipinski definition) is 1. The van der Waals surface area contributed by atoms with Crippen LogP contribution in [0.1, 0.15) is 29.9 Å². The molecule has 0 saturated carbocycles. The van der Waals surface area contributed by atoms with Crippen LogP contribution in [0.3, 0.4) is 0 Å². The van der Waals surface area contributed by atoms with E-state index < -0.39 is 5.92 Å². The summed E-state index contributed by atoms with van der Waals surface area (Å²) in [4.78, 5) is 5.85. The number of aromatic amines is 1. The SMILES string of the molecule is CN1C[C@H](CC(C#N)C#N)CC2c3cccc4[nH]cc(c34)C[C@H]21. The van der Waals surface area contributed by atoms with Crippen molar-refractivity contribution >= 4 is 10.9 Å². The Bertz CT molecular complexity index is 808. The topological polar surface area (TPSA) is 66.6 Å². The fraction of sp³-hybridized carbons (Fsp3) is 0.474. The fourth-order valence-electron chi connectivity index (χ4n) is 4.69. The Labute approximate surface area is 136 Å². The van der Waals surface area contributed by atoms with Crippen LogP contribution in [0.4, 0.5) is 0 Å². The number of benzene rings is 1. The first kappa shape index (κ1) is 14.3. The fourth-order valence-corrected chi connectivity index (χ4v) is 4.69. The number of fused-ring (bicyclic) bond motifs is 2. The first-order valence-electron chi connectivity index (χ1n) is 8.29. The highest BCUT2D eigenvalue weighted by Crippen LogP contribution is 2.45. The van der Waals surface area contributed by atoms with E-state index in [-0.39, 0.29) is 0 Å². The highest BCUT2D eigenvalue weighted by Gasteiger charge is 2.39. The molecule has 0 bridgehead atoms. The summed E-state index contributed by atoms with van der Waals surface area (Å²) in [6.07, 6.45) is 5.02. The smallest absolute Gasteiger partial charge is 0.133 e. The van der Waals surface area contributed by atoms with Gasteiger partial charge in [0.25, 0.3) is 0 Å². The maximum absolute atomic E-state index is 9.09. The summed E-state index contributed by atoms with van der Waals surface area (Å²) in [5.74, 6) is 0.442. The van der Waals surface area contributed by atoms with Gasteiger partial charge in [0.05, 0.1) is 12.1 Å². The summed E-state index contributed by atoms with van der Waals surface area (Å²) < 4.78 is 0. The van der Waals surface area contributed by atoms with Crippen molar-refractivity contribution < 1.29 is 0 Å². The molecule has 1 fully saturated rings. The van der Waals surface area contributed by atoms with Gasteiger partial charge in [-0.15, -0.1) is 0 Å². The highest BCUT2D eigenvalue weighted by molar-refractivity contribution is 5.88. The predicted octanol–water partition coefficient (Wildman–Crippen LogP) is 3.18. The zero-order chi connectivity index (χ0) is 16.0. The molecule has 3 atom stereocenters. The molecule has 0 amide bonds. The Balaban J connectivity index is 1.69. The van der Waals surface area contributed by atoms with E-state index in [1.165, 1.54) is 22.0 Å². The van der Waals surface area contributed by atoms with Gasteiger partial charge in [0.15, 0.2) is 0 Å². The quantitative estimate of drug-likeness (QED) is 0.926. The van der Waals surface area contributed by atoms with Crippen LogP contribution in [0.2, 0.25) is 0 Å². The second kappa shape index (κ2) is 5.41. The lowest BCUT2D eigenvalue weighted by atomic mass is 9.71. The van der Waals surface area contributed by atoms with Gasteiger partial charge in [0.2, 0.25) is 0 Å². The number of aromatic nitrogens is 1. The third kappa shape index (κ3) is 2.22. The van der Waals surface area contributed by atoms with E-state index in [2.05, 4.69) is 53.5 Å². The summed E-state index contributed by atoms with van der Waals surface area (Å²) in [6, 6.07) is 11.3. The number of likely N-dealkylation sites (tertiary alicyclic amines) is 1. The van der Waals surface area contributed by atoms with Crippen LogP contribution in [-0.2, 0) is 6.42 Å². The van der Waals surface area contributed by atoms with Crippen LogP contribution in [0, 0.1) is 34.5 Å². The molecule has 1 N–H and O–H groups in total. The summed E-state index contributed by atoms with van der Waals surface area (Å²) in [7, 11) is 2.19. The first-order valence-corrected chi connectivity index (χ1v) is 8.29. The van der Waals surface area contributed by atoms with Crippen molar-refractivity contribution in [2.45, 2.75) is 31.2 Å². The van der Waals surface area contributed by atoms with Gasteiger partial charge in [-0.3, -0.25) is 0 Å². The van der Waals surface area contributed by atoms with E-state index in [9.17, 15) is 0 Å². The highest BCUT2D eigenvalue weighted by atomic mass is 15.1. The summed E-state index contributed by atoms with van der Waals surface area (Å²) in [6.45, 7) is 0.983. The lowest BCUT2D eigenvalue weighted by Crippen LogP contribution is -2.48. The van der Waals surface area contributed by atoms with Gasteiger partial charge in [-0.2, -0.15) is 10.5 Å². The van der Waals surface area contributed by atoms with Crippen molar-refractivity contribution in [2.75, 3.05) is 13.6 Å². The van der Waals surface area contributed by atoms with E-state index in [1.807, 2.05) is 0 Å². The summed E-state index contributed by atoms with van der Waals surface area (Å²) >= 11 is 0. The molecular weight excluding hydrogens is 284 g/mol. The maximum Gasteiger partial charge on any atom is 0.133 e. The molecule has 4 heteroatoms. The molecule has 4 rings (SSSR count). The molecule has 2 aliphatic rings. The molecule has 1 aromatic carbocycles. The van der Waals surface area contributed by atoms with Crippen LogP contribution >= 0.6 is 0 Å². The average molecular weight is 304 g/mol. The van der Waals surface area contributed by atoms with Crippen LogP contribution in [0.25, 0.3) is 10.9 Å². The summed E-state index contributed by atoms with van der Waals surface area (Å²) in [5.41, 5.74) is 4.10. The second-order valence-corrected chi connectivity index (χ2v) is 7.05. The van der Waals surface area contributed by atoms with Crippen molar-refractivity contribution in [3.8, 4) is 12.1 Å². The Kier molecular flexibility index (Phi) is 3.36. The molecule has 0 spiro atoms. The predicted molar refractivity (Wildman–Crippen MR) is 88.6 cm³/mol. The van der Waals surface area contributed by atoms with Gasteiger partial charge in [-0.05, 0) is 49.4 Å². The number of nitriles is 2. The first-order chi connectivity index (χ1) is 11.2. The van der Waals surface area contributed by atoms with Crippen molar-refractivity contribution in [3.05, 3.63) is 35.5 Å². The van der Waals surface area contributed by atoms with Crippen molar-refractivity contribution in [1.29, 1.82) is 10.5 Å². The average Bonchev–Trinajstić information content (AvgIpc) is 2.98. The van der Waals surface area contributed by atoms with Crippen molar-refractivity contribution in [3.63, 3.8) is 0 Å².